The standard InChI is InChI=1S/C11H9ClN2O4S2/c12-7-1-3-9(13-6-7)14-20(17,18)11-4-2-8(19-11)5-10(15)16/h1-4,6H,5H2,(H,13,14)(H,15,16). The van der Waals surface area contributed by atoms with E-state index in [9.17, 15) is 13.2 Å². The highest BCUT2D eigenvalue weighted by Crippen LogP contribution is 2.24. The SMILES string of the molecule is O=C(O)Cc1ccc(S(=O)(=O)Nc2ccc(Cl)cn2)s1. The summed E-state index contributed by atoms with van der Waals surface area (Å²) < 4.78 is 26.5. The number of pyridine rings is 1. The number of aromatic nitrogens is 1. The summed E-state index contributed by atoms with van der Waals surface area (Å²) >= 11 is 6.56. The third-order valence-corrected chi connectivity index (χ3v) is 5.35. The zero-order chi connectivity index (χ0) is 14.8. The number of anilines is 1. The Morgan fingerprint density at radius 1 is 1.35 bits per heavy atom. The average Bonchev–Trinajstić information content (AvgIpc) is 2.80. The van der Waals surface area contributed by atoms with Crippen LogP contribution in [0.25, 0.3) is 0 Å². The van der Waals surface area contributed by atoms with Crippen LogP contribution in [0, 0.1) is 0 Å². The first-order valence-electron chi connectivity index (χ1n) is 5.32. The molecule has 9 heteroatoms. The molecule has 0 amide bonds. The fourth-order valence-corrected chi connectivity index (χ4v) is 3.84. The van der Waals surface area contributed by atoms with E-state index in [2.05, 4.69) is 9.71 Å². The van der Waals surface area contributed by atoms with Crippen LogP contribution in [0.1, 0.15) is 4.88 Å². The number of hydrogen-bond donors (Lipinski definition) is 2. The van der Waals surface area contributed by atoms with E-state index in [0.29, 0.717) is 9.90 Å². The number of hydrogen-bond acceptors (Lipinski definition) is 5. The van der Waals surface area contributed by atoms with Gasteiger partial charge >= 0.3 is 5.97 Å². The summed E-state index contributed by atoms with van der Waals surface area (Å²) in [5.74, 6) is -0.870. The number of carboxylic acids is 1. The van der Waals surface area contributed by atoms with E-state index in [0.717, 1.165) is 11.3 Å². The minimum atomic E-state index is -3.77. The maximum absolute atomic E-state index is 12.1. The maximum atomic E-state index is 12.1. The Bertz CT molecular complexity index is 725. The number of nitrogens with one attached hydrogen (secondary N) is 1. The molecule has 0 spiro atoms. The number of aliphatic carboxylic acids is 1. The zero-order valence-corrected chi connectivity index (χ0v) is 12.3. The first-order valence-corrected chi connectivity index (χ1v) is 7.99. The number of sulfonamides is 1. The van der Waals surface area contributed by atoms with Crippen molar-refractivity contribution in [1.29, 1.82) is 0 Å². The molecule has 0 saturated heterocycles. The van der Waals surface area contributed by atoms with Crippen molar-refractivity contribution < 1.29 is 18.3 Å². The van der Waals surface area contributed by atoms with Crippen molar-refractivity contribution in [3.05, 3.63) is 40.4 Å². The summed E-state index contributed by atoms with van der Waals surface area (Å²) in [5.41, 5.74) is 0. The fourth-order valence-electron chi connectivity index (χ4n) is 1.37. The maximum Gasteiger partial charge on any atom is 0.308 e. The van der Waals surface area contributed by atoms with Gasteiger partial charge in [0.15, 0.2) is 0 Å². The largest absolute Gasteiger partial charge is 0.481 e. The van der Waals surface area contributed by atoms with Crippen LogP contribution < -0.4 is 4.72 Å². The summed E-state index contributed by atoms with van der Waals surface area (Å²) in [7, 11) is -3.77. The number of rotatable bonds is 5. The molecule has 2 aromatic heterocycles. The fraction of sp³-hybridized carbons (Fsp3) is 0.0909. The Labute approximate surface area is 124 Å². The van der Waals surface area contributed by atoms with E-state index in [-0.39, 0.29) is 16.4 Å². The van der Waals surface area contributed by atoms with Crippen molar-refractivity contribution in [2.45, 2.75) is 10.6 Å². The Morgan fingerprint density at radius 2 is 2.10 bits per heavy atom. The number of nitrogens with zero attached hydrogens (tertiary/aromatic N) is 1. The highest BCUT2D eigenvalue weighted by molar-refractivity contribution is 7.94. The predicted octanol–water partition coefficient (Wildman–Crippen LogP) is 2.22. The van der Waals surface area contributed by atoms with Gasteiger partial charge in [-0.25, -0.2) is 13.4 Å². The summed E-state index contributed by atoms with van der Waals surface area (Å²) in [6.07, 6.45) is 1.11. The van der Waals surface area contributed by atoms with Crippen LogP contribution in [0.5, 0.6) is 0 Å². The number of carbonyl (C=O) groups is 1. The second kappa shape index (κ2) is 5.78. The summed E-state index contributed by atoms with van der Waals surface area (Å²) in [6, 6.07) is 5.78. The van der Waals surface area contributed by atoms with E-state index >= 15 is 0 Å². The van der Waals surface area contributed by atoms with E-state index in [1.165, 1.54) is 30.5 Å². The summed E-state index contributed by atoms with van der Waals surface area (Å²) in [4.78, 5) is 14.9. The number of carboxylic acid groups (broad SMARTS) is 1. The first-order chi connectivity index (χ1) is 9.37. The van der Waals surface area contributed by atoms with Crippen molar-refractivity contribution in [1.82, 2.24) is 4.98 Å². The average molecular weight is 333 g/mol. The molecular weight excluding hydrogens is 324 g/mol. The van der Waals surface area contributed by atoms with Crippen molar-refractivity contribution in [2.24, 2.45) is 0 Å². The van der Waals surface area contributed by atoms with Gasteiger partial charge in [-0.05, 0) is 24.3 Å². The molecule has 0 unspecified atom stereocenters. The van der Waals surface area contributed by atoms with E-state index < -0.39 is 16.0 Å². The molecule has 0 aliphatic heterocycles. The van der Waals surface area contributed by atoms with Crippen LogP contribution >= 0.6 is 22.9 Å². The van der Waals surface area contributed by atoms with Crippen LogP contribution in [-0.4, -0.2) is 24.5 Å². The molecule has 0 saturated carbocycles. The second-order valence-corrected chi connectivity index (χ2v) is 7.27. The molecule has 0 aliphatic rings. The molecule has 20 heavy (non-hydrogen) atoms. The molecule has 0 bridgehead atoms. The normalized spacial score (nSPS) is 11.2. The molecular formula is C11H9ClN2O4S2. The predicted molar refractivity (Wildman–Crippen MR) is 75.7 cm³/mol. The van der Waals surface area contributed by atoms with Gasteiger partial charge in [0.05, 0.1) is 11.4 Å². The zero-order valence-electron chi connectivity index (χ0n) is 9.91. The van der Waals surface area contributed by atoms with Gasteiger partial charge in [-0.3, -0.25) is 9.52 Å². The highest BCUT2D eigenvalue weighted by Gasteiger charge is 2.18. The van der Waals surface area contributed by atoms with Gasteiger partial charge in [0.25, 0.3) is 10.0 Å². The van der Waals surface area contributed by atoms with Gasteiger partial charge < -0.3 is 5.11 Å². The number of thiophene rings is 1. The Hall–Kier alpha value is -1.64. The molecule has 2 heterocycles. The molecule has 0 radical (unpaired) electrons. The molecule has 2 rings (SSSR count). The van der Waals surface area contributed by atoms with Crippen LogP contribution in [0.2, 0.25) is 5.02 Å². The lowest BCUT2D eigenvalue weighted by Crippen LogP contribution is -2.12. The van der Waals surface area contributed by atoms with Crippen molar-refractivity contribution in [2.75, 3.05) is 4.72 Å². The second-order valence-electron chi connectivity index (χ2n) is 3.76. The van der Waals surface area contributed by atoms with Gasteiger partial charge in [0.1, 0.15) is 10.0 Å². The van der Waals surface area contributed by atoms with Crippen LogP contribution in [0.3, 0.4) is 0 Å². The lowest BCUT2D eigenvalue weighted by Gasteiger charge is -2.04. The molecule has 0 atom stereocenters. The van der Waals surface area contributed by atoms with Gasteiger partial charge in [-0.2, -0.15) is 0 Å². The minimum absolute atomic E-state index is 0.0329. The van der Waals surface area contributed by atoms with Gasteiger partial charge in [-0.15, -0.1) is 11.3 Å². The molecule has 0 fully saturated rings. The van der Waals surface area contributed by atoms with Gasteiger partial charge in [-0.1, -0.05) is 11.6 Å². The molecule has 0 aromatic carbocycles. The molecule has 0 aliphatic carbocycles. The van der Waals surface area contributed by atoms with Crippen LogP contribution in [-0.2, 0) is 21.2 Å². The summed E-state index contributed by atoms with van der Waals surface area (Å²) in [5, 5.41) is 9.06. The monoisotopic (exact) mass is 332 g/mol. The topological polar surface area (TPSA) is 96.4 Å². The van der Waals surface area contributed by atoms with Gasteiger partial charge in [0.2, 0.25) is 0 Å². The van der Waals surface area contributed by atoms with E-state index in [4.69, 9.17) is 16.7 Å². The first kappa shape index (κ1) is 14.8. The van der Waals surface area contributed by atoms with E-state index in [1.54, 1.807) is 0 Å². The molecule has 2 aromatic rings. The van der Waals surface area contributed by atoms with Crippen molar-refractivity contribution >= 4 is 44.7 Å². The molecule has 2 N–H and O–H groups in total. The third kappa shape index (κ3) is 3.69. The number of halogens is 1. The van der Waals surface area contributed by atoms with Crippen LogP contribution in [0.4, 0.5) is 5.82 Å². The smallest absolute Gasteiger partial charge is 0.308 e. The molecule has 106 valence electrons. The van der Waals surface area contributed by atoms with E-state index in [1.807, 2.05) is 0 Å². The lowest BCUT2D eigenvalue weighted by molar-refractivity contribution is -0.136. The minimum Gasteiger partial charge on any atom is -0.481 e. The summed E-state index contributed by atoms with van der Waals surface area (Å²) in [6.45, 7) is 0. The Kier molecular flexibility index (Phi) is 4.26. The lowest BCUT2D eigenvalue weighted by atomic mass is 10.3. The Morgan fingerprint density at radius 3 is 2.70 bits per heavy atom. The van der Waals surface area contributed by atoms with Crippen molar-refractivity contribution in [3.8, 4) is 0 Å². The highest BCUT2D eigenvalue weighted by atomic mass is 35.5. The van der Waals surface area contributed by atoms with Gasteiger partial charge in [0, 0.05) is 11.1 Å². The van der Waals surface area contributed by atoms with Crippen molar-refractivity contribution in [3.63, 3.8) is 0 Å². The molecule has 6 nitrogen and oxygen atoms in total. The quantitative estimate of drug-likeness (QED) is 0.875. The third-order valence-electron chi connectivity index (χ3n) is 2.19. The Balaban J connectivity index is 2.19. The van der Waals surface area contributed by atoms with Crippen LogP contribution in [0.15, 0.2) is 34.7 Å².